The Morgan fingerprint density at radius 3 is 3.23 bits per heavy atom. The SMILES string of the molecule is Cn1ncc2c1NC(=O)C[NH+]([O-])C2. The predicted octanol–water partition coefficient (Wildman–Crippen LogP) is -1.75. The molecule has 1 aromatic rings. The zero-order chi connectivity index (χ0) is 9.42. The number of aryl methyl sites for hydroxylation is 1. The van der Waals surface area contributed by atoms with Crippen molar-refractivity contribution in [2.45, 2.75) is 6.54 Å². The third-order valence-electron chi connectivity index (χ3n) is 2.02. The molecule has 6 heteroatoms. The average Bonchev–Trinajstić information content (AvgIpc) is 2.32. The summed E-state index contributed by atoms with van der Waals surface area (Å²) in [5.41, 5.74) is 0.790. The van der Waals surface area contributed by atoms with Crippen LogP contribution in [0.3, 0.4) is 0 Å². The number of nitrogens with one attached hydrogen (secondary N) is 2. The second-order valence-corrected chi connectivity index (χ2v) is 3.08. The molecule has 6 nitrogen and oxygen atoms in total. The second-order valence-electron chi connectivity index (χ2n) is 3.08. The van der Waals surface area contributed by atoms with Crippen LogP contribution >= 0.6 is 0 Å². The summed E-state index contributed by atoms with van der Waals surface area (Å²) < 4.78 is 1.56. The fourth-order valence-electron chi connectivity index (χ4n) is 1.40. The molecule has 0 radical (unpaired) electrons. The first-order chi connectivity index (χ1) is 6.16. The highest BCUT2D eigenvalue weighted by molar-refractivity contribution is 5.91. The first-order valence-corrected chi connectivity index (χ1v) is 3.99. The van der Waals surface area contributed by atoms with Gasteiger partial charge in [-0.1, -0.05) is 0 Å². The monoisotopic (exact) mass is 182 g/mol. The summed E-state index contributed by atoms with van der Waals surface area (Å²) in [6.07, 6.45) is 1.61. The fourth-order valence-corrected chi connectivity index (χ4v) is 1.40. The molecular weight excluding hydrogens is 172 g/mol. The first kappa shape index (κ1) is 8.21. The van der Waals surface area contributed by atoms with Crippen molar-refractivity contribution in [1.29, 1.82) is 0 Å². The van der Waals surface area contributed by atoms with Gasteiger partial charge in [0.15, 0.2) is 6.54 Å². The number of aromatic nitrogens is 2. The number of hydrogen-bond donors (Lipinski definition) is 2. The highest BCUT2D eigenvalue weighted by Crippen LogP contribution is 2.13. The summed E-state index contributed by atoms with van der Waals surface area (Å²) >= 11 is 0. The molecule has 2 heterocycles. The zero-order valence-corrected chi connectivity index (χ0v) is 7.20. The highest BCUT2D eigenvalue weighted by Gasteiger charge is 2.20. The molecule has 1 unspecified atom stereocenters. The minimum Gasteiger partial charge on any atom is -0.634 e. The Labute approximate surface area is 74.7 Å². The van der Waals surface area contributed by atoms with Gasteiger partial charge in [-0.15, -0.1) is 0 Å². The average molecular weight is 182 g/mol. The molecule has 0 spiro atoms. The Morgan fingerprint density at radius 1 is 1.69 bits per heavy atom. The number of carbonyl (C=O) groups excluding carboxylic acids is 1. The van der Waals surface area contributed by atoms with Gasteiger partial charge in [0.2, 0.25) is 0 Å². The van der Waals surface area contributed by atoms with Crippen LogP contribution in [-0.2, 0) is 18.4 Å². The Bertz CT molecular complexity index is 346. The van der Waals surface area contributed by atoms with E-state index in [0.717, 1.165) is 5.56 Å². The van der Waals surface area contributed by atoms with Gasteiger partial charge < -0.3 is 15.6 Å². The van der Waals surface area contributed by atoms with Crippen LogP contribution in [0.2, 0.25) is 0 Å². The van der Waals surface area contributed by atoms with Gasteiger partial charge >= 0.3 is 0 Å². The zero-order valence-electron chi connectivity index (χ0n) is 7.20. The lowest BCUT2D eigenvalue weighted by molar-refractivity contribution is -0.853. The van der Waals surface area contributed by atoms with Crippen molar-refractivity contribution in [2.24, 2.45) is 7.05 Å². The van der Waals surface area contributed by atoms with Crippen molar-refractivity contribution in [3.63, 3.8) is 0 Å². The molecule has 0 fully saturated rings. The number of fused-ring (bicyclic) bond motifs is 1. The normalized spacial score (nSPS) is 22.0. The maximum absolute atomic E-state index is 11.2. The third-order valence-corrected chi connectivity index (χ3v) is 2.02. The van der Waals surface area contributed by atoms with Gasteiger partial charge in [-0.3, -0.25) is 9.48 Å². The molecular formula is C7H10N4O2. The van der Waals surface area contributed by atoms with Crippen molar-refractivity contribution < 1.29 is 9.86 Å². The molecule has 2 rings (SSSR count). The maximum atomic E-state index is 11.2. The molecule has 1 aliphatic rings. The molecule has 1 amide bonds. The molecule has 2 N–H and O–H groups in total. The van der Waals surface area contributed by atoms with E-state index in [9.17, 15) is 10.0 Å². The largest absolute Gasteiger partial charge is 0.634 e. The van der Waals surface area contributed by atoms with Crippen molar-refractivity contribution >= 4 is 11.7 Å². The Kier molecular flexibility index (Phi) is 1.78. The molecule has 0 saturated heterocycles. The molecule has 1 aromatic heterocycles. The van der Waals surface area contributed by atoms with Crippen molar-refractivity contribution in [3.05, 3.63) is 17.0 Å². The van der Waals surface area contributed by atoms with E-state index in [4.69, 9.17) is 0 Å². The number of quaternary nitrogens is 1. The van der Waals surface area contributed by atoms with E-state index in [1.807, 2.05) is 0 Å². The van der Waals surface area contributed by atoms with E-state index < -0.39 is 0 Å². The topological polar surface area (TPSA) is 74.4 Å². The molecule has 0 bridgehead atoms. The molecule has 1 atom stereocenters. The van der Waals surface area contributed by atoms with Gasteiger partial charge in [-0.2, -0.15) is 5.10 Å². The van der Waals surface area contributed by atoms with E-state index in [1.54, 1.807) is 17.9 Å². The summed E-state index contributed by atoms with van der Waals surface area (Å²) in [6, 6.07) is 0. The number of rotatable bonds is 0. The summed E-state index contributed by atoms with van der Waals surface area (Å²) in [5, 5.41) is 17.7. The number of hydrogen-bond acceptors (Lipinski definition) is 3. The van der Waals surface area contributed by atoms with Crippen LogP contribution in [0.5, 0.6) is 0 Å². The predicted molar refractivity (Wildman–Crippen MR) is 44.7 cm³/mol. The standard InChI is InChI=1S/C7H10N4O2/c1-10-7-5(2-8-10)3-11(13)4-6(12)9-7/h2,11H,3-4H2,1H3,(H,9,12). The van der Waals surface area contributed by atoms with E-state index in [-0.39, 0.29) is 17.5 Å². The van der Waals surface area contributed by atoms with Crippen LogP contribution in [0.25, 0.3) is 0 Å². The summed E-state index contributed by atoms with van der Waals surface area (Å²) in [4.78, 5) is 11.1. The lowest BCUT2D eigenvalue weighted by Crippen LogP contribution is -3.06. The van der Waals surface area contributed by atoms with E-state index in [1.165, 1.54) is 0 Å². The van der Waals surface area contributed by atoms with Crippen LogP contribution in [0, 0.1) is 5.21 Å². The first-order valence-electron chi connectivity index (χ1n) is 3.99. The Hall–Kier alpha value is -1.40. The van der Waals surface area contributed by atoms with Crippen LogP contribution < -0.4 is 10.4 Å². The van der Waals surface area contributed by atoms with Gasteiger partial charge in [-0.25, -0.2) is 0 Å². The quantitative estimate of drug-likeness (QED) is 0.467. The Balaban J connectivity index is 2.39. The van der Waals surface area contributed by atoms with Crippen LogP contribution in [-0.4, -0.2) is 22.2 Å². The van der Waals surface area contributed by atoms with Gasteiger partial charge in [0, 0.05) is 7.05 Å². The van der Waals surface area contributed by atoms with Gasteiger partial charge in [-0.05, 0) is 0 Å². The molecule has 0 aromatic carbocycles. The van der Waals surface area contributed by atoms with E-state index in [0.29, 0.717) is 12.4 Å². The van der Waals surface area contributed by atoms with Crippen LogP contribution in [0.4, 0.5) is 5.82 Å². The Morgan fingerprint density at radius 2 is 2.46 bits per heavy atom. The molecule has 1 aliphatic heterocycles. The van der Waals surface area contributed by atoms with Gasteiger partial charge in [0.25, 0.3) is 5.91 Å². The van der Waals surface area contributed by atoms with Crippen molar-refractivity contribution in [3.8, 4) is 0 Å². The van der Waals surface area contributed by atoms with E-state index >= 15 is 0 Å². The molecule has 0 aliphatic carbocycles. The minimum atomic E-state index is -0.257. The number of nitrogens with zero attached hydrogens (tertiary/aromatic N) is 2. The molecule has 70 valence electrons. The van der Waals surface area contributed by atoms with Gasteiger partial charge in [0.05, 0.1) is 11.8 Å². The van der Waals surface area contributed by atoms with Gasteiger partial charge in [0.1, 0.15) is 12.4 Å². The van der Waals surface area contributed by atoms with Crippen LogP contribution in [0.1, 0.15) is 5.56 Å². The number of amides is 1. The maximum Gasteiger partial charge on any atom is 0.281 e. The molecule has 13 heavy (non-hydrogen) atoms. The van der Waals surface area contributed by atoms with Crippen LogP contribution in [0.15, 0.2) is 6.20 Å². The lowest BCUT2D eigenvalue weighted by Gasteiger charge is -2.17. The lowest BCUT2D eigenvalue weighted by atomic mass is 10.3. The number of anilines is 1. The summed E-state index contributed by atoms with van der Waals surface area (Å²) in [5.74, 6) is 0.378. The van der Waals surface area contributed by atoms with Crippen molar-refractivity contribution in [2.75, 3.05) is 11.9 Å². The van der Waals surface area contributed by atoms with Crippen molar-refractivity contribution in [1.82, 2.24) is 9.78 Å². The molecule has 0 saturated carbocycles. The minimum absolute atomic E-state index is 0.0331. The summed E-state index contributed by atoms with van der Waals surface area (Å²) in [7, 11) is 1.73. The number of carbonyl (C=O) groups is 1. The highest BCUT2D eigenvalue weighted by atomic mass is 16.5. The fraction of sp³-hybridized carbons (Fsp3) is 0.429. The number of hydroxylamine groups is 2. The second kappa shape index (κ2) is 2.82. The van der Waals surface area contributed by atoms with E-state index in [2.05, 4.69) is 10.4 Å². The third kappa shape index (κ3) is 1.41. The smallest absolute Gasteiger partial charge is 0.281 e. The summed E-state index contributed by atoms with van der Waals surface area (Å²) in [6.45, 7) is 0.261.